The second-order valence-corrected chi connectivity index (χ2v) is 9.19. The summed E-state index contributed by atoms with van der Waals surface area (Å²) >= 11 is 0. The summed E-state index contributed by atoms with van der Waals surface area (Å²) in [6.45, 7) is 2.71. The molecule has 1 atom stereocenters. The predicted molar refractivity (Wildman–Crippen MR) is 100 cm³/mol. The maximum atomic E-state index is 13.1. The van der Waals surface area contributed by atoms with E-state index < -0.39 is 6.10 Å². The Labute approximate surface area is 160 Å². The number of ether oxygens (including phenoxy) is 1. The Bertz CT molecular complexity index is 664. The smallest absolute Gasteiger partial charge is 0.250 e. The van der Waals surface area contributed by atoms with Gasteiger partial charge in [-0.15, -0.1) is 0 Å². The highest BCUT2D eigenvalue weighted by atomic mass is 19.1. The SMILES string of the molecule is O=C(NC1C2CC3CC(C2)CC1C3)C1CN(Cc2ccc(F)cc2)CCO1. The number of halogens is 1. The third kappa shape index (κ3) is 3.64. The number of rotatable bonds is 4. The molecule has 27 heavy (non-hydrogen) atoms. The maximum absolute atomic E-state index is 13.1. The molecule has 1 aromatic rings. The van der Waals surface area contributed by atoms with Crippen LogP contribution in [0.1, 0.15) is 37.7 Å². The number of carbonyl (C=O) groups excluding carboxylic acids is 1. The van der Waals surface area contributed by atoms with E-state index in [4.69, 9.17) is 4.74 Å². The third-order valence-corrected chi connectivity index (χ3v) is 7.30. The summed E-state index contributed by atoms with van der Waals surface area (Å²) < 4.78 is 18.9. The van der Waals surface area contributed by atoms with E-state index in [1.54, 1.807) is 0 Å². The average molecular weight is 372 g/mol. The molecule has 1 aliphatic heterocycles. The molecule has 1 unspecified atom stereocenters. The molecule has 1 N–H and O–H groups in total. The molecule has 5 aliphatic rings. The van der Waals surface area contributed by atoms with Crippen molar-refractivity contribution in [2.24, 2.45) is 23.7 Å². The van der Waals surface area contributed by atoms with Crippen LogP contribution in [-0.4, -0.2) is 42.6 Å². The van der Waals surface area contributed by atoms with Crippen LogP contribution in [0, 0.1) is 29.5 Å². The van der Waals surface area contributed by atoms with Gasteiger partial charge in [0.2, 0.25) is 0 Å². The maximum Gasteiger partial charge on any atom is 0.250 e. The third-order valence-electron chi connectivity index (χ3n) is 7.30. The summed E-state index contributed by atoms with van der Waals surface area (Å²) in [6.07, 6.45) is 6.26. The largest absolute Gasteiger partial charge is 0.366 e. The Morgan fingerprint density at radius 1 is 1.07 bits per heavy atom. The number of nitrogens with zero attached hydrogens (tertiary/aromatic N) is 1. The van der Waals surface area contributed by atoms with Crippen LogP contribution in [0.3, 0.4) is 0 Å². The van der Waals surface area contributed by atoms with Crippen molar-refractivity contribution in [3.8, 4) is 0 Å². The molecular formula is C22H29FN2O2. The first kappa shape index (κ1) is 17.6. The Hall–Kier alpha value is -1.46. The van der Waals surface area contributed by atoms with Crippen molar-refractivity contribution < 1.29 is 13.9 Å². The van der Waals surface area contributed by atoms with E-state index in [-0.39, 0.29) is 11.7 Å². The molecule has 5 fully saturated rings. The molecule has 0 aromatic heterocycles. The molecule has 1 saturated heterocycles. The summed E-state index contributed by atoms with van der Waals surface area (Å²) in [6, 6.07) is 6.98. The number of hydrogen-bond acceptors (Lipinski definition) is 3. The second-order valence-electron chi connectivity index (χ2n) is 9.19. The van der Waals surface area contributed by atoms with Gasteiger partial charge in [-0.05, 0) is 73.5 Å². The van der Waals surface area contributed by atoms with E-state index in [1.165, 1.54) is 44.2 Å². The number of carbonyl (C=O) groups is 1. The van der Waals surface area contributed by atoms with Crippen molar-refractivity contribution in [3.05, 3.63) is 35.6 Å². The van der Waals surface area contributed by atoms with Crippen LogP contribution in [0.25, 0.3) is 0 Å². The highest BCUT2D eigenvalue weighted by Gasteiger charge is 2.49. The van der Waals surface area contributed by atoms with E-state index in [0.29, 0.717) is 31.0 Å². The summed E-state index contributed by atoms with van der Waals surface area (Å²) in [5, 5.41) is 3.38. The second kappa shape index (κ2) is 7.17. The molecule has 146 valence electrons. The van der Waals surface area contributed by atoms with Crippen molar-refractivity contribution >= 4 is 5.91 Å². The molecule has 1 heterocycles. The normalized spacial score (nSPS) is 38.1. The Kier molecular flexibility index (Phi) is 4.68. The van der Waals surface area contributed by atoms with Gasteiger partial charge < -0.3 is 10.1 Å². The van der Waals surface area contributed by atoms with Gasteiger partial charge >= 0.3 is 0 Å². The Morgan fingerprint density at radius 3 is 2.41 bits per heavy atom. The van der Waals surface area contributed by atoms with Gasteiger partial charge in [-0.2, -0.15) is 0 Å². The lowest BCUT2D eigenvalue weighted by atomic mass is 9.54. The lowest BCUT2D eigenvalue weighted by molar-refractivity contribution is -0.142. The van der Waals surface area contributed by atoms with Gasteiger partial charge in [-0.1, -0.05) is 12.1 Å². The highest BCUT2D eigenvalue weighted by molar-refractivity contribution is 5.81. The number of benzene rings is 1. The molecule has 5 heteroatoms. The van der Waals surface area contributed by atoms with E-state index in [0.717, 1.165) is 30.5 Å². The van der Waals surface area contributed by atoms with E-state index in [1.807, 2.05) is 12.1 Å². The Morgan fingerprint density at radius 2 is 1.74 bits per heavy atom. The molecule has 0 spiro atoms. The molecule has 4 saturated carbocycles. The van der Waals surface area contributed by atoms with Crippen LogP contribution < -0.4 is 5.32 Å². The number of nitrogens with one attached hydrogen (secondary N) is 1. The van der Waals surface area contributed by atoms with E-state index in [9.17, 15) is 9.18 Å². The summed E-state index contributed by atoms with van der Waals surface area (Å²) in [5.41, 5.74) is 1.07. The molecular weight excluding hydrogens is 343 g/mol. The number of morpholine rings is 1. The number of hydrogen-bond donors (Lipinski definition) is 1. The predicted octanol–water partition coefficient (Wildman–Crippen LogP) is 2.97. The molecule has 4 aliphatic carbocycles. The monoisotopic (exact) mass is 372 g/mol. The molecule has 4 nitrogen and oxygen atoms in total. The summed E-state index contributed by atoms with van der Waals surface area (Å²) in [4.78, 5) is 15.2. The first-order valence-corrected chi connectivity index (χ1v) is 10.5. The van der Waals surface area contributed by atoms with Crippen LogP contribution in [0.5, 0.6) is 0 Å². The van der Waals surface area contributed by atoms with Crippen molar-refractivity contribution in [2.45, 2.75) is 50.8 Å². The van der Waals surface area contributed by atoms with Crippen molar-refractivity contribution in [1.29, 1.82) is 0 Å². The van der Waals surface area contributed by atoms with Crippen LogP contribution in [0.4, 0.5) is 4.39 Å². The first-order valence-electron chi connectivity index (χ1n) is 10.5. The lowest BCUT2D eigenvalue weighted by Gasteiger charge is -2.54. The van der Waals surface area contributed by atoms with Gasteiger partial charge in [0.15, 0.2) is 0 Å². The Balaban J connectivity index is 1.18. The fraction of sp³-hybridized carbons (Fsp3) is 0.682. The van der Waals surface area contributed by atoms with Gasteiger partial charge in [0.05, 0.1) is 6.61 Å². The van der Waals surface area contributed by atoms with Crippen LogP contribution in [-0.2, 0) is 16.1 Å². The standard InChI is InChI=1S/C22H29FN2O2/c23-19-3-1-14(2-4-19)12-25-5-6-27-20(13-25)22(26)24-21-17-8-15-7-16(10-17)11-18(21)9-15/h1-4,15-18,20-21H,5-13H2,(H,24,26). The zero-order valence-corrected chi connectivity index (χ0v) is 15.8. The lowest BCUT2D eigenvalue weighted by Crippen LogP contribution is -2.59. The summed E-state index contributed by atoms with van der Waals surface area (Å²) in [7, 11) is 0. The minimum Gasteiger partial charge on any atom is -0.366 e. The van der Waals surface area contributed by atoms with E-state index in [2.05, 4.69) is 10.2 Å². The first-order chi connectivity index (χ1) is 13.1. The molecule has 4 bridgehead atoms. The minimum absolute atomic E-state index is 0.0660. The van der Waals surface area contributed by atoms with Gasteiger partial charge in [-0.25, -0.2) is 4.39 Å². The molecule has 1 amide bonds. The van der Waals surface area contributed by atoms with Gasteiger partial charge in [-0.3, -0.25) is 9.69 Å². The molecule has 1 aromatic carbocycles. The number of amides is 1. The van der Waals surface area contributed by atoms with Crippen LogP contribution >= 0.6 is 0 Å². The van der Waals surface area contributed by atoms with Gasteiger partial charge in [0, 0.05) is 25.7 Å². The topological polar surface area (TPSA) is 41.6 Å². The minimum atomic E-state index is -0.392. The van der Waals surface area contributed by atoms with Crippen molar-refractivity contribution in [3.63, 3.8) is 0 Å². The van der Waals surface area contributed by atoms with Crippen LogP contribution in [0.15, 0.2) is 24.3 Å². The highest BCUT2D eigenvalue weighted by Crippen LogP contribution is 2.53. The zero-order chi connectivity index (χ0) is 18.4. The summed E-state index contributed by atoms with van der Waals surface area (Å²) in [5.74, 6) is 3.05. The van der Waals surface area contributed by atoms with Crippen molar-refractivity contribution in [1.82, 2.24) is 10.2 Å². The fourth-order valence-corrected chi connectivity index (χ4v) is 6.27. The van der Waals surface area contributed by atoms with Crippen LogP contribution in [0.2, 0.25) is 0 Å². The average Bonchev–Trinajstić information content (AvgIpc) is 2.66. The molecule has 0 radical (unpaired) electrons. The quantitative estimate of drug-likeness (QED) is 0.884. The zero-order valence-electron chi connectivity index (χ0n) is 15.8. The van der Waals surface area contributed by atoms with Gasteiger partial charge in [0.1, 0.15) is 11.9 Å². The van der Waals surface area contributed by atoms with Gasteiger partial charge in [0.25, 0.3) is 5.91 Å². The van der Waals surface area contributed by atoms with Crippen molar-refractivity contribution in [2.75, 3.05) is 19.7 Å². The van der Waals surface area contributed by atoms with E-state index >= 15 is 0 Å². The molecule has 6 rings (SSSR count). The fourth-order valence-electron chi connectivity index (χ4n) is 6.27.